The van der Waals surface area contributed by atoms with Crippen molar-refractivity contribution < 1.29 is 14.2 Å². The van der Waals surface area contributed by atoms with Crippen LogP contribution in [0.25, 0.3) is 0 Å². The predicted octanol–water partition coefficient (Wildman–Crippen LogP) is 3.37. The van der Waals surface area contributed by atoms with Gasteiger partial charge in [-0.1, -0.05) is 24.3 Å². The molecule has 0 unspecified atom stereocenters. The van der Waals surface area contributed by atoms with Crippen molar-refractivity contribution in [3.05, 3.63) is 48.0 Å². The van der Waals surface area contributed by atoms with Crippen LogP contribution in [0.4, 0.5) is 5.69 Å². The molecule has 1 heterocycles. The van der Waals surface area contributed by atoms with Crippen molar-refractivity contribution in [3.63, 3.8) is 0 Å². The third-order valence-electron chi connectivity index (χ3n) is 3.31. The molecule has 0 saturated carbocycles. The molecule has 3 rings (SSSR count). The first-order valence-electron chi connectivity index (χ1n) is 6.87. The van der Waals surface area contributed by atoms with Gasteiger partial charge in [0.1, 0.15) is 0 Å². The summed E-state index contributed by atoms with van der Waals surface area (Å²) in [5, 5.41) is 3.30. The van der Waals surface area contributed by atoms with E-state index >= 15 is 0 Å². The van der Waals surface area contributed by atoms with Crippen LogP contribution in [0.5, 0.6) is 17.2 Å². The van der Waals surface area contributed by atoms with Crippen molar-refractivity contribution in [2.75, 3.05) is 33.2 Å². The molecule has 1 aliphatic heterocycles. The Balaban J connectivity index is 0.000000159. The molecule has 21 heavy (non-hydrogen) atoms. The lowest BCUT2D eigenvalue weighted by atomic mass is 10.2. The Kier molecular flexibility index (Phi) is 5.32. The summed E-state index contributed by atoms with van der Waals surface area (Å²) in [4.78, 5) is 0. The fourth-order valence-corrected chi connectivity index (χ4v) is 2.26. The molecule has 0 aliphatic carbocycles. The number of fused-ring (bicyclic) bond motifs is 1. The number of nitrogens with one attached hydrogen (secondary N) is 1. The van der Waals surface area contributed by atoms with E-state index in [9.17, 15) is 0 Å². The van der Waals surface area contributed by atoms with Crippen LogP contribution in [0.1, 0.15) is 5.56 Å². The van der Waals surface area contributed by atoms with E-state index in [2.05, 4.69) is 29.6 Å². The van der Waals surface area contributed by atoms with Gasteiger partial charge in [0.15, 0.2) is 11.5 Å². The molecule has 0 aromatic heterocycles. The third-order valence-corrected chi connectivity index (χ3v) is 3.31. The highest BCUT2D eigenvalue weighted by Crippen LogP contribution is 2.35. The Morgan fingerprint density at radius 3 is 2.05 bits per heavy atom. The van der Waals surface area contributed by atoms with Crippen molar-refractivity contribution in [1.82, 2.24) is 0 Å². The van der Waals surface area contributed by atoms with Gasteiger partial charge in [-0.2, -0.15) is 0 Å². The Bertz CT molecular complexity index is 539. The Morgan fingerprint density at radius 1 is 0.810 bits per heavy atom. The molecule has 112 valence electrons. The lowest BCUT2D eigenvalue weighted by molar-refractivity contribution is 0.324. The van der Waals surface area contributed by atoms with E-state index in [1.165, 1.54) is 17.7 Å². The molecule has 0 amide bonds. The SMILES string of the molecule is COc1cccc(OC)c1OC.c1ccc2c(c1)CCN2. The number of methoxy groups -OCH3 is 3. The van der Waals surface area contributed by atoms with E-state index < -0.39 is 0 Å². The molecule has 2 aromatic carbocycles. The topological polar surface area (TPSA) is 39.7 Å². The van der Waals surface area contributed by atoms with Crippen LogP contribution in [0.3, 0.4) is 0 Å². The highest BCUT2D eigenvalue weighted by molar-refractivity contribution is 5.54. The summed E-state index contributed by atoms with van der Waals surface area (Å²) < 4.78 is 15.3. The van der Waals surface area contributed by atoms with Crippen molar-refractivity contribution in [2.45, 2.75) is 6.42 Å². The fraction of sp³-hybridized carbons (Fsp3) is 0.294. The van der Waals surface area contributed by atoms with Crippen molar-refractivity contribution in [2.24, 2.45) is 0 Å². The van der Waals surface area contributed by atoms with Gasteiger partial charge in [-0.3, -0.25) is 0 Å². The summed E-state index contributed by atoms with van der Waals surface area (Å²) in [6, 6.07) is 13.9. The maximum absolute atomic E-state index is 5.11. The lowest BCUT2D eigenvalue weighted by Crippen LogP contribution is -1.93. The predicted molar refractivity (Wildman–Crippen MR) is 84.7 cm³/mol. The van der Waals surface area contributed by atoms with E-state index in [4.69, 9.17) is 14.2 Å². The Morgan fingerprint density at radius 2 is 1.48 bits per heavy atom. The number of hydrogen-bond donors (Lipinski definition) is 1. The Labute approximate surface area is 125 Å². The van der Waals surface area contributed by atoms with Crippen molar-refractivity contribution in [3.8, 4) is 17.2 Å². The van der Waals surface area contributed by atoms with Gasteiger partial charge >= 0.3 is 0 Å². The number of hydrogen-bond acceptors (Lipinski definition) is 4. The molecule has 4 heteroatoms. The summed E-state index contributed by atoms with van der Waals surface area (Å²) in [5.74, 6) is 1.98. The molecule has 0 bridgehead atoms. The summed E-state index contributed by atoms with van der Waals surface area (Å²) >= 11 is 0. The van der Waals surface area contributed by atoms with E-state index in [1.807, 2.05) is 18.2 Å². The number of rotatable bonds is 3. The number of benzene rings is 2. The standard InChI is InChI=1S/C9H12O3.C8H9N/c1-10-7-5-4-6-8(11-2)9(7)12-3;1-2-4-8-7(3-1)5-6-9-8/h4-6H,1-3H3;1-4,9H,5-6H2. The summed E-state index contributed by atoms with van der Waals surface area (Å²) in [6.07, 6.45) is 1.19. The third kappa shape index (κ3) is 3.60. The largest absolute Gasteiger partial charge is 0.493 e. The van der Waals surface area contributed by atoms with E-state index in [-0.39, 0.29) is 0 Å². The fourth-order valence-electron chi connectivity index (χ4n) is 2.26. The van der Waals surface area contributed by atoms with Crippen LogP contribution in [0.2, 0.25) is 0 Å². The van der Waals surface area contributed by atoms with Gasteiger partial charge in [-0.15, -0.1) is 0 Å². The molecule has 2 aromatic rings. The molecule has 0 spiro atoms. The molecular weight excluding hydrogens is 266 g/mol. The van der Waals surface area contributed by atoms with Crippen LogP contribution < -0.4 is 19.5 Å². The first-order chi connectivity index (χ1) is 10.3. The van der Waals surface area contributed by atoms with Crippen LogP contribution in [0.15, 0.2) is 42.5 Å². The second-order valence-corrected chi connectivity index (χ2v) is 4.53. The van der Waals surface area contributed by atoms with Gasteiger partial charge < -0.3 is 19.5 Å². The molecular formula is C17H21NO3. The van der Waals surface area contributed by atoms with Gasteiger partial charge in [0.05, 0.1) is 21.3 Å². The molecule has 0 atom stereocenters. The van der Waals surface area contributed by atoms with Crippen molar-refractivity contribution >= 4 is 5.69 Å². The normalized spacial score (nSPS) is 11.6. The minimum absolute atomic E-state index is 0.627. The first-order valence-corrected chi connectivity index (χ1v) is 6.87. The van der Waals surface area contributed by atoms with E-state index in [0.29, 0.717) is 17.2 Å². The Hall–Kier alpha value is -2.36. The summed E-state index contributed by atoms with van der Waals surface area (Å²) in [5.41, 5.74) is 2.77. The molecule has 4 nitrogen and oxygen atoms in total. The zero-order valence-corrected chi connectivity index (χ0v) is 12.7. The van der Waals surface area contributed by atoms with Gasteiger partial charge in [0.2, 0.25) is 5.75 Å². The average Bonchev–Trinajstić information content (AvgIpc) is 3.03. The second-order valence-electron chi connectivity index (χ2n) is 4.53. The van der Waals surface area contributed by atoms with Crippen LogP contribution >= 0.6 is 0 Å². The second kappa shape index (κ2) is 7.43. The summed E-state index contributed by atoms with van der Waals surface area (Å²) in [6.45, 7) is 1.11. The minimum Gasteiger partial charge on any atom is -0.493 e. The number of para-hydroxylation sites is 2. The van der Waals surface area contributed by atoms with Crippen LogP contribution in [-0.4, -0.2) is 27.9 Å². The zero-order valence-electron chi connectivity index (χ0n) is 12.7. The van der Waals surface area contributed by atoms with Crippen molar-refractivity contribution in [1.29, 1.82) is 0 Å². The highest BCUT2D eigenvalue weighted by atomic mass is 16.5. The van der Waals surface area contributed by atoms with Crippen LogP contribution in [0, 0.1) is 0 Å². The lowest BCUT2D eigenvalue weighted by Gasteiger charge is -2.10. The maximum atomic E-state index is 5.11. The zero-order chi connectivity index (χ0) is 15.1. The molecule has 1 N–H and O–H groups in total. The molecule has 0 saturated heterocycles. The highest BCUT2D eigenvalue weighted by Gasteiger charge is 2.08. The molecule has 0 radical (unpaired) electrons. The molecule has 1 aliphatic rings. The average molecular weight is 287 g/mol. The number of anilines is 1. The maximum Gasteiger partial charge on any atom is 0.203 e. The first kappa shape index (κ1) is 15.0. The van der Waals surface area contributed by atoms with Gasteiger partial charge in [-0.05, 0) is 30.2 Å². The van der Waals surface area contributed by atoms with E-state index in [1.54, 1.807) is 21.3 Å². The minimum atomic E-state index is 0.627. The summed E-state index contributed by atoms with van der Waals surface area (Å²) in [7, 11) is 4.77. The quantitative estimate of drug-likeness (QED) is 0.939. The van der Waals surface area contributed by atoms with Gasteiger partial charge in [0, 0.05) is 12.2 Å². The van der Waals surface area contributed by atoms with E-state index in [0.717, 1.165) is 6.54 Å². The van der Waals surface area contributed by atoms with Gasteiger partial charge in [0.25, 0.3) is 0 Å². The van der Waals surface area contributed by atoms with Gasteiger partial charge in [-0.25, -0.2) is 0 Å². The monoisotopic (exact) mass is 287 g/mol. The smallest absolute Gasteiger partial charge is 0.203 e. The molecule has 0 fully saturated rings. The number of ether oxygens (including phenoxy) is 3. The van der Waals surface area contributed by atoms with Crippen LogP contribution in [-0.2, 0) is 6.42 Å².